The summed E-state index contributed by atoms with van der Waals surface area (Å²) >= 11 is 0. The Labute approximate surface area is 196 Å². The normalized spacial score (nSPS) is 13.7. The molecule has 4 rings (SSSR count). The highest BCUT2D eigenvalue weighted by atomic mass is 19.3. The van der Waals surface area contributed by atoms with Crippen LogP contribution in [0.5, 0.6) is 0 Å². The van der Waals surface area contributed by atoms with Gasteiger partial charge in [0, 0.05) is 17.7 Å². The Morgan fingerprint density at radius 3 is 1.27 bits per heavy atom. The maximum absolute atomic E-state index is 15.6. The number of halogens is 14. The van der Waals surface area contributed by atoms with Crippen molar-refractivity contribution in [2.45, 2.75) is 19.3 Å². The van der Waals surface area contributed by atoms with E-state index in [2.05, 4.69) is 0 Å². The molecule has 0 saturated carbocycles. The largest absolute Gasteiger partial charge is 0.332 e. The van der Waals surface area contributed by atoms with Gasteiger partial charge in [-0.2, -0.15) is 8.78 Å². The fourth-order valence-electron chi connectivity index (χ4n) is 4.09. The Hall–Kier alpha value is -3.52. The molecule has 0 saturated heterocycles. The van der Waals surface area contributed by atoms with Gasteiger partial charge in [0.1, 0.15) is 11.4 Å². The first-order valence-electron chi connectivity index (χ1n) is 9.87. The van der Waals surface area contributed by atoms with Crippen molar-refractivity contribution in [2.24, 2.45) is 0 Å². The van der Waals surface area contributed by atoms with Gasteiger partial charge in [-0.25, -0.2) is 52.7 Å². The van der Waals surface area contributed by atoms with Gasteiger partial charge in [0.05, 0.1) is 11.1 Å². The molecule has 0 N–H and O–H groups in total. The summed E-state index contributed by atoms with van der Waals surface area (Å²) in [5.74, 6) is -37.4. The van der Waals surface area contributed by atoms with Crippen LogP contribution >= 0.6 is 0 Å². The number of nitrogens with zero attached hydrogens (tertiary/aromatic N) is 1. The van der Waals surface area contributed by atoms with Crippen molar-refractivity contribution in [1.82, 2.24) is 0 Å². The molecule has 15 heteroatoms. The van der Waals surface area contributed by atoms with Crippen LogP contribution in [0, 0.1) is 69.8 Å². The van der Waals surface area contributed by atoms with Gasteiger partial charge in [-0.05, 0) is 6.42 Å². The first-order valence-corrected chi connectivity index (χ1v) is 9.87. The third-order valence-electron chi connectivity index (χ3n) is 5.62. The van der Waals surface area contributed by atoms with E-state index in [1.807, 2.05) is 0 Å². The Bertz CT molecular complexity index is 1470. The van der Waals surface area contributed by atoms with E-state index in [9.17, 15) is 52.7 Å². The Morgan fingerprint density at radius 1 is 0.459 bits per heavy atom. The Balaban J connectivity index is 2.18. The standard InChI is InChI=1S/C22H7F14N/c1-2-3-37(21-18(33)15(30)14(29)16(31)19(21)34)20-9(24)5-4-6(10(25)13(28)12(27)8(4)23)22(35,36)7(5)11(26)17(20)32/h2-3H2,1H3. The molecule has 0 spiro atoms. The lowest BCUT2D eigenvalue weighted by atomic mass is 10.0. The number of hydrogen-bond acceptors (Lipinski definition) is 1. The summed E-state index contributed by atoms with van der Waals surface area (Å²) in [7, 11) is 0. The van der Waals surface area contributed by atoms with Gasteiger partial charge < -0.3 is 4.90 Å². The van der Waals surface area contributed by atoms with Gasteiger partial charge in [0.15, 0.2) is 64.0 Å². The lowest BCUT2D eigenvalue weighted by molar-refractivity contribution is 0.0384. The van der Waals surface area contributed by atoms with E-state index in [0.29, 0.717) is 0 Å². The van der Waals surface area contributed by atoms with Crippen LogP contribution in [0.3, 0.4) is 0 Å². The highest BCUT2D eigenvalue weighted by Gasteiger charge is 2.55. The number of rotatable bonds is 4. The lowest BCUT2D eigenvalue weighted by Gasteiger charge is -2.28. The van der Waals surface area contributed by atoms with Gasteiger partial charge in [-0.3, -0.25) is 0 Å². The molecule has 198 valence electrons. The minimum Gasteiger partial charge on any atom is -0.332 e. The molecule has 1 aliphatic carbocycles. The molecule has 0 bridgehead atoms. The van der Waals surface area contributed by atoms with Crippen molar-refractivity contribution >= 4 is 11.4 Å². The predicted molar refractivity (Wildman–Crippen MR) is 98.1 cm³/mol. The summed E-state index contributed by atoms with van der Waals surface area (Å²) in [6.45, 7) is 0.0948. The molecule has 0 aromatic heterocycles. The molecule has 37 heavy (non-hydrogen) atoms. The van der Waals surface area contributed by atoms with Crippen molar-refractivity contribution in [3.63, 3.8) is 0 Å². The van der Waals surface area contributed by atoms with E-state index in [0.717, 1.165) is 6.92 Å². The lowest BCUT2D eigenvalue weighted by Crippen LogP contribution is -2.26. The number of anilines is 2. The Kier molecular flexibility index (Phi) is 6.11. The van der Waals surface area contributed by atoms with Crippen LogP contribution in [0.1, 0.15) is 24.5 Å². The van der Waals surface area contributed by atoms with Crippen LogP contribution in [0.4, 0.5) is 72.8 Å². The smallest absolute Gasteiger partial charge is 0.305 e. The van der Waals surface area contributed by atoms with E-state index in [-0.39, 0.29) is 4.90 Å². The fourth-order valence-corrected chi connectivity index (χ4v) is 4.09. The van der Waals surface area contributed by atoms with Gasteiger partial charge in [-0.1, -0.05) is 6.92 Å². The van der Waals surface area contributed by atoms with Crippen molar-refractivity contribution in [1.29, 1.82) is 0 Å². The van der Waals surface area contributed by atoms with Gasteiger partial charge >= 0.3 is 5.92 Å². The molecule has 3 aromatic carbocycles. The van der Waals surface area contributed by atoms with Crippen LogP contribution in [0.25, 0.3) is 11.1 Å². The number of hydrogen-bond donors (Lipinski definition) is 0. The van der Waals surface area contributed by atoms with Crippen molar-refractivity contribution < 1.29 is 61.5 Å². The predicted octanol–water partition coefficient (Wildman–Crippen LogP) is 8.02. The Morgan fingerprint density at radius 2 is 0.784 bits per heavy atom. The molecular formula is C22H7F14N. The maximum atomic E-state index is 15.6. The SMILES string of the molecule is CCCN(c1c(F)c(F)c(F)c(F)c1F)c1c(F)c(F)c2c(c1F)-c1c(F)c(F)c(F)c(F)c1C2(F)F. The van der Waals surface area contributed by atoms with Gasteiger partial charge in [0.25, 0.3) is 0 Å². The average molecular weight is 551 g/mol. The molecule has 1 aliphatic rings. The minimum atomic E-state index is -5.20. The number of fused-ring (bicyclic) bond motifs is 3. The summed E-state index contributed by atoms with van der Waals surface area (Å²) in [4.78, 5) is -0.339. The fraction of sp³-hybridized carbons (Fsp3) is 0.182. The van der Waals surface area contributed by atoms with Crippen LogP contribution < -0.4 is 4.90 Å². The number of alkyl halides is 2. The highest BCUT2D eigenvalue weighted by molar-refractivity contribution is 5.85. The zero-order valence-corrected chi connectivity index (χ0v) is 17.7. The molecular weight excluding hydrogens is 544 g/mol. The third kappa shape index (κ3) is 3.31. The van der Waals surface area contributed by atoms with E-state index in [4.69, 9.17) is 0 Å². The second-order valence-electron chi connectivity index (χ2n) is 7.69. The average Bonchev–Trinajstić information content (AvgIpc) is 3.10. The zero-order valence-electron chi connectivity index (χ0n) is 17.7. The molecule has 0 fully saturated rings. The molecule has 1 nitrogen and oxygen atoms in total. The summed E-state index contributed by atoms with van der Waals surface area (Å²) in [6.07, 6.45) is -0.410. The third-order valence-corrected chi connectivity index (χ3v) is 5.62. The zero-order chi connectivity index (χ0) is 27.9. The van der Waals surface area contributed by atoms with Crippen molar-refractivity contribution in [3.05, 3.63) is 80.9 Å². The van der Waals surface area contributed by atoms with E-state index in [1.54, 1.807) is 0 Å². The second-order valence-corrected chi connectivity index (χ2v) is 7.69. The van der Waals surface area contributed by atoms with E-state index >= 15 is 8.78 Å². The minimum absolute atomic E-state index is 0.339. The van der Waals surface area contributed by atoms with Crippen LogP contribution in [0.15, 0.2) is 0 Å². The summed E-state index contributed by atoms with van der Waals surface area (Å²) < 4.78 is 201. The summed E-state index contributed by atoms with van der Waals surface area (Å²) in [5, 5.41) is 0. The highest BCUT2D eigenvalue weighted by Crippen LogP contribution is 2.57. The maximum Gasteiger partial charge on any atom is 0.305 e. The van der Waals surface area contributed by atoms with Crippen LogP contribution in [-0.4, -0.2) is 6.54 Å². The molecule has 0 atom stereocenters. The topological polar surface area (TPSA) is 3.24 Å². The quantitative estimate of drug-likeness (QED) is 0.180. The van der Waals surface area contributed by atoms with Crippen molar-refractivity contribution in [3.8, 4) is 11.1 Å². The number of benzene rings is 3. The molecule has 0 unspecified atom stereocenters. The first-order chi connectivity index (χ1) is 17.1. The van der Waals surface area contributed by atoms with Crippen LogP contribution in [-0.2, 0) is 5.92 Å². The van der Waals surface area contributed by atoms with Gasteiger partial charge in [-0.15, -0.1) is 0 Å². The molecule has 0 heterocycles. The summed E-state index contributed by atoms with van der Waals surface area (Å²) in [5.41, 5.74) is -13.1. The second kappa shape index (κ2) is 8.52. The monoisotopic (exact) mass is 551 g/mol. The first kappa shape index (κ1) is 26.5. The van der Waals surface area contributed by atoms with E-state index in [1.165, 1.54) is 0 Å². The molecule has 0 radical (unpaired) electrons. The molecule has 0 amide bonds. The molecule has 0 aliphatic heterocycles. The van der Waals surface area contributed by atoms with Crippen LogP contribution in [0.2, 0.25) is 0 Å². The summed E-state index contributed by atoms with van der Waals surface area (Å²) in [6, 6.07) is 0. The molecule has 3 aromatic rings. The van der Waals surface area contributed by atoms with Gasteiger partial charge in [0.2, 0.25) is 5.82 Å². The van der Waals surface area contributed by atoms with Crippen molar-refractivity contribution in [2.75, 3.05) is 11.4 Å². The van der Waals surface area contributed by atoms with E-state index < -0.39 is 122 Å².